The maximum Gasteiger partial charge on any atom is 0.305 e. The summed E-state index contributed by atoms with van der Waals surface area (Å²) in [7, 11) is 0. The first-order valence-corrected chi connectivity index (χ1v) is 3.88. The highest BCUT2D eigenvalue weighted by atomic mass is 16.4. The average molecular weight is 157 g/mol. The summed E-state index contributed by atoms with van der Waals surface area (Å²) in [5.74, 6) is -0.762. The van der Waals surface area contributed by atoms with Crippen molar-refractivity contribution in [3.63, 3.8) is 0 Å². The van der Waals surface area contributed by atoms with E-state index in [1.54, 1.807) is 0 Å². The Hall–Kier alpha value is -0.610. The van der Waals surface area contributed by atoms with E-state index in [-0.39, 0.29) is 12.5 Å². The number of hydrogen-bond acceptors (Lipinski definition) is 2. The Kier molecular flexibility index (Phi) is 3.32. The van der Waals surface area contributed by atoms with Crippen molar-refractivity contribution in [2.24, 2.45) is 0 Å². The fourth-order valence-electron chi connectivity index (χ4n) is 1.15. The van der Waals surface area contributed by atoms with E-state index in [4.69, 9.17) is 5.11 Å². The van der Waals surface area contributed by atoms with Crippen LogP contribution in [0.15, 0.2) is 0 Å². The van der Waals surface area contributed by atoms with Gasteiger partial charge >= 0.3 is 5.97 Å². The number of hydrogen-bond donors (Lipinski definition) is 2. The van der Waals surface area contributed by atoms with Crippen LogP contribution in [0, 0.1) is 0 Å². The van der Waals surface area contributed by atoms with E-state index in [9.17, 15) is 4.79 Å². The fraction of sp³-hybridized carbons (Fsp3) is 0.857. The number of nitrogens with one attached hydrogen (secondary N) is 1. The molecule has 0 spiro atoms. The Morgan fingerprint density at radius 1 is 1.73 bits per heavy atom. The summed E-state index contributed by atoms with van der Waals surface area (Å²) in [5.41, 5.74) is 0. The van der Waals surface area contributed by atoms with Crippen molar-refractivity contribution >= 4 is 5.97 Å². The molecule has 0 aromatic heterocycles. The molecule has 1 radical (unpaired) electrons. The van der Waals surface area contributed by atoms with E-state index in [2.05, 4.69) is 10.6 Å². The molecule has 4 heteroatoms. The van der Waals surface area contributed by atoms with Crippen LogP contribution < -0.4 is 10.6 Å². The Bertz CT molecular complexity index is 130. The predicted octanol–water partition coefficient (Wildman–Crippen LogP) is -0.573. The van der Waals surface area contributed by atoms with Crippen LogP contribution in [0.4, 0.5) is 0 Å². The molecule has 1 rings (SSSR count). The summed E-state index contributed by atoms with van der Waals surface area (Å²) in [5, 5.41) is 15.8. The molecule has 0 bridgehead atoms. The number of carbonyl (C=O) groups is 1. The zero-order valence-electron chi connectivity index (χ0n) is 6.42. The van der Waals surface area contributed by atoms with E-state index >= 15 is 0 Å². The van der Waals surface area contributed by atoms with Gasteiger partial charge in [0.15, 0.2) is 0 Å². The van der Waals surface area contributed by atoms with Gasteiger partial charge < -0.3 is 10.4 Å². The van der Waals surface area contributed by atoms with E-state index < -0.39 is 5.97 Å². The first kappa shape index (κ1) is 8.49. The summed E-state index contributed by atoms with van der Waals surface area (Å²) in [6, 6.07) is -0.0185. The van der Waals surface area contributed by atoms with Gasteiger partial charge in [-0.05, 0) is 13.0 Å². The molecule has 1 aliphatic rings. The van der Waals surface area contributed by atoms with E-state index in [1.165, 1.54) is 0 Å². The van der Waals surface area contributed by atoms with Crippen LogP contribution in [0.25, 0.3) is 0 Å². The molecular weight excluding hydrogens is 144 g/mol. The van der Waals surface area contributed by atoms with Crippen molar-refractivity contribution in [3.8, 4) is 0 Å². The molecule has 4 nitrogen and oxygen atoms in total. The first-order chi connectivity index (χ1) is 5.29. The Balaban J connectivity index is 2.25. The SMILES string of the molecule is O=C(O)CC1CNCCC[N]1. The lowest BCUT2D eigenvalue weighted by molar-refractivity contribution is -0.137. The molecule has 1 atom stereocenters. The third kappa shape index (κ3) is 3.34. The lowest BCUT2D eigenvalue weighted by atomic mass is 10.2. The second-order valence-corrected chi connectivity index (χ2v) is 2.72. The molecule has 0 aliphatic carbocycles. The summed E-state index contributed by atoms with van der Waals surface area (Å²) in [4.78, 5) is 10.3. The summed E-state index contributed by atoms with van der Waals surface area (Å²) in [6.45, 7) is 2.47. The normalized spacial score (nSPS) is 26.0. The van der Waals surface area contributed by atoms with Crippen molar-refractivity contribution in [2.75, 3.05) is 19.6 Å². The van der Waals surface area contributed by atoms with Crippen LogP contribution in [0.5, 0.6) is 0 Å². The van der Waals surface area contributed by atoms with Crippen LogP contribution in [0.3, 0.4) is 0 Å². The van der Waals surface area contributed by atoms with Crippen LogP contribution in [-0.2, 0) is 4.79 Å². The number of aliphatic carboxylic acids is 1. The smallest absolute Gasteiger partial charge is 0.305 e. The second-order valence-electron chi connectivity index (χ2n) is 2.72. The number of carboxylic acid groups (broad SMARTS) is 1. The van der Waals surface area contributed by atoms with E-state index in [1.807, 2.05) is 0 Å². The third-order valence-electron chi connectivity index (χ3n) is 1.69. The monoisotopic (exact) mass is 157 g/mol. The summed E-state index contributed by atoms with van der Waals surface area (Å²) < 4.78 is 0. The van der Waals surface area contributed by atoms with E-state index in [0.29, 0.717) is 6.54 Å². The van der Waals surface area contributed by atoms with Gasteiger partial charge in [-0.1, -0.05) is 0 Å². The van der Waals surface area contributed by atoms with Crippen LogP contribution in [-0.4, -0.2) is 36.8 Å². The highest BCUT2D eigenvalue weighted by Crippen LogP contribution is 1.96. The Morgan fingerprint density at radius 3 is 3.27 bits per heavy atom. The van der Waals surface area contributed by atoms with Crippen LogP contribution in [0.1, 0.15) is 12.8 Å². The maximum absolute atomic E-state index is 10.3. The van der Waals surface area contributed by atoms with Crippen molar-refractivity contribution < 1.29 is 9.90 Å². The molecule has 0 saturated carbocycles. The van der Waals surface area contributed by atoms with Gasteiger partial charge in [-0.25, -0.2) is 5.32 Å². The minimum atomic E-state index is -0.762. The molecule has 1 aliphatic heterocycles. The van der Waals surface area contributed by atoms with Gasteiger partial charge in [-0.3, -0.25) is 4.79 Å². The van der Waals surface area contributed by atoms with Gasteiger partial charge in [0.25, 0.3) is 0 Å². The zero-order chi connectivity index (χ0) is 8.10. The first-order valence-electron chi connectivity index (χ1n) is 3.88. The molecular formula is C7H13N2O2. The maximum atomic E-state index is 10.3. The minimum Gasteiger partial charge on any atom is -0.481 e. The molecule has 2 N–H and O–H groups in total. The molecule has 1 heterocycles. The van der Waals surface area contributed by atoms with Gasteiger partial charge in [0.1, 0.15) is 0 Å². The molecule has 0 aromatic carbocycles. The fourth-order valence-corrected chi connectivity index (χ4v) is 1.15. The number of rotatable bonds is 2. The van der Waals surface area contributed by atoms with Gasteiger partial charge in [-0.2, -0.15) is 0 Å². The summed E-state index contributed by atoms with van der Waals surface area (Å²) in [6.07, 6.45) is 1.18. The Morgan fingerprint density at radius 2 is 2.55 bits per heavy atom. The highest BCUT2D eigenvalue weighted by Gasteiger charge is 2.14. The lowest BCUT2D eigenvalue weighted by Crippen LogP contribution is -2.32. The molecule has 0 amide bonds. The van der Waals surface area contributed by atoms with Crippen molar-refractivity contribution in [2.45, 2.75) is 18.9 Å². The average Bonchev–Trinajstić information content (AvgIpc) is 2.14. The highest BCUT2D eigenvalue weighted by molar-refractivity contribution is 5.67. The van der Waals surface area contributed by atoms with Crippen LogP contribution >= 0.6 is 0 Å². The molecule has 0 aromatic rings. The van der Waals surface area contributed by atoms with Gasteiger partial charge in [0.2, 0.25) is 0 Å². The van der Waals surface area contributed by atoms with Crippen molar-refractivity contribution in [1.29, 1.82) is 0 Å². The molecule has 1 saturated heterocycles. The Labute approximate surface area is 66.0 Å². The van der Waals surface area contributed by atoms with Crippen molar-refractivity contribution in [3.05, 3.63) is 0 Å². The molecule has 11 heavy (non-hydrogen) atoms. The third-order valence-corrected chi connectivity index (χ3v) is 1.69. The largest absolute Gasteiger partial charge is 0.481 e. The lowest BCUT2D eigenvalue weighted by Gasteiger charge is -2.09. The number of carboxylic acids is 1. The molecule has 63 valence electrons. The van der Waals surface area contributed by atoms with Gasteiger partial charge in [0.05, 0.1) is 6.42 Å². The van der Waals surface area contributed by atoms with Gasteiger partial charge in [-0.15, -0.1) is 0 Å². The topological polar surface area (TPSA) is 63.4 Å². The van der Waals surface area contributed by atoms with Crippen molar-refractivity contribution in [1.82, 2.24) is 10.6 Å². The van der Waals surface area contributed by atoms with E-state index in [0.717, 1.165) is 19.5 Å². The minimum absolute atomic E-state index is 0.0185. The second kappa shape index (κ2) is 4.31. The molecule has 1 fully saturated rings. The quantitative estimate of drug-likeness (QED) is 0.564. The standard InChI is InChI=1S/C7H13N2O2/c10-7(11)4-6-5-8-2-1-3-9-6/h6,8H,1-5H2,(H,10,11). The zero-order valence-corrected chi connectivity index (χ0v) is 6.42. The molecule has 1 unspecified atom stereocenters. The van der Waals surface area contributed by atoms with Gasteiger partial charge in [0, 0.05) is 19.1 Å². The summed E-state index contributed by atoms with van der Waals surface area (Å²) >= 11 is 0. The number of nitrogens with zero attached hydrogens (tertiary/aromatic N) is 1. The van der Waals surface area contributed by atoms with Crippen LogP contribution in [0.2, 0.25) is 0 Å². The predicted molar refractivity (Wildman–Crippen MR) is 40.5 cm³/mol.